The molecule has 0 bridgehead atoms. The molecule has 0 aliphatic carbocycles. The highest BCUT2D eigenvalue weighted by atomic mass is 16.5. The van der Waals surface area contributed by atoms with Crippen LogP contribution in [0.2, 0.25) is 0 Å². The molecule has 0 atom stereocenters. The maximum absolute atomic E-state index is 11.2. The van der Waals surface area contributed by atoms with Crippen LogP contribution in [0, 0.1) is 0 Å². The van der Waals surface area contributed by atoms with Crippen LogP contribution in [-0.4, -0.2) is 11.1 Å². The van der Waals surface area contributed by atoms with Gasteiger partial charge in [-0.3, -0.25) is 10.0 Å². The van der Waals surface area contributed by atoms with Crippen molar-refractivity contribution in [3.05, 3.63) is 108 Å². The number of amides is 1. The minimum Gasteiger partial charge on any atom is -0.289 e. The topological polar surface area (TPSA) is 49.3 Å². The van der Waals surface area contributed by atoms with Crippen LogP contribution in [0.5, 0.6) is 0 Å². The molecule has 0 saturated heterocycles. The van der Waals surface area contributed by atoms with E-state index >= 15 is 0 Å². The molecule has 0 fully saturated rings. The highest BCUT2D eigenvalue weighted by Crippen LogP contribution is 2.43. The van der Waals surface area contributed by atoms with Crippen LogP contribution >= 0.6 is 0 Å². The van der Waals surface area contributed by atoms with Gasteiger partial charge in [-0.05, 0) is 29.5 Å². The summed E-state index contributed by atoms with van der Waals surface area (Å²) in [7, 11) is 0. The summed E-state index contributed by atoms with van der Waals surface area (Å²) in [6.45, 7) is 0. The zero-order valence-corrected chi connectivity index (χ0v) is 16.8. The molecule has 3 aromatic carbocycles. The zero-order chi connectivity index (χ0) is 20.4. The van der Waals surface area contributed by atoms with Gasteiger partial charge in [-0.25, -0.2) is 5.48 Å². The molecule has 150 valence electrons. The molecule has 3 heteroatoms. The largest absolute Gasteiger partial charge is 0.289 e. The van der Waals surface area contributed by atoms with Gasteiger partial charge >= 0.3 is 0 Å². The Hall–Kier alpha value is -2.91. The van der Waals surface area contributed by atoms with Gasteiger partial charge in [0.2, 0.25) is 5.91 Å². The van der Waals surface area contributed by atoms with Crippen LogP contribution < -0.4 is 5.48 Å². The average molecular weight is 388 g/mol. The maximum atomic E-state index is 11.2. The SMILES string of the molecule is O=C(CCCCCCC(c1ccccc1)(c1ccccc1)c1ccccc1)NO. The first-order valence-electron chi connectivity index (χ1n) is 10.4. The number of carbonyl (C=O) groups is 1. The van der Waals surface area contributed by atoms with Gasteiger partial charge in [0.05, 0.1) is 0 Å². The van der Waals surface area contributed by atoms with E-state index in [0.29, 0.717) is 6.42 Å². The third kappa shape index (κ3) is 5.12. The Kier molecular flexibility index (Phi) is 7.60. The van der Waals surface area contributed by atoms with Crippen molar-refractivity contribution in [2.24, 2.45) is 0 Å². The monoisotopic (exact) mass is 387 g/mol. The lowest BCUT2D eigenvalue weighted by atomic mass is 9.66. The van der Waals surface area contributed by atoms with E-state index in [9.17, 15) is 4.79 Å². The maximum Gasteiger partial charge on any atom is 0.243 e. The Labute approximate surface area is 173 Å². The highest BCUT2D eigenvalue weighted by Gasteiger charge is 2.35. The summed E-state index contributed by atoms with van der Waals surface area (Å²) >= 11 is 0. The zero-order valence-electron chi connectivity index (χ0n) is 16.8. The molecular weight excluding hydrogens is 358 g/mol. The second kappa shape index (κ2) is 10.6. The lowest BCUT2D eigenvalue weighted by molar-refractivity contribution is -0.129. The van der Waals surface area contributed by atoms with E-state index < -0.39 is 0 Å². The Morgan fingerprint density at radius 1 is 0.655 bits per heavy atom. The fraction of sp³-hybridized carbons (Fsp3) is 0.269. The number of hydrogen-bond acceptors (Lipinski definition) is 2. The molecule has 3 nitrogen and oxygen atoms in total. The van der Waals surface area contributed by atoms with Gasteiger partial charge in [0.1, 0.15) is 0 Å². The first-order chi connectivity index (χ1) is 14.3. The lowest BCUT2D eigenvalue weighted by Crippen LogP contribution is -2.29. The smallest absolute Gasteiger partial charge is 0.243 e. The van der Waals surface area contributed by atoms with Gasteiger partial charge in [-0.1, -0.05) is 110 Å². The van der Waals surface area contributed by atoms with E-state index in [2.05, 4.69) is 91.0 Å². The van der Waals surface area contributed by atoms with Crippen molar-refractivity contribution in [3.8, 4) is 0 Å². The minimum absolute atomic E-state index is 0.202. The van der Waals surface area contributed by atoms with Gasteiger partial charge in [0.15, 0.2) is 0 Å². The minimum atomic E-state index is -0.308. The first-order valence-corrected chi connectivity index (χ1v) is 10.4. The molecule has 0 heterocycles. The van der Waals surface area contributed by atoms with Crippen LogP contribution in [0.3, 0.4) is 0 Å². The molecule has 3 rings (SSSR count). The molecule has 2 N–H and O–H groups in total. The second-order valence-electron chi connectivity index (χ2n) is 7.45. The molecule has 0 radical (unpaired) electrons. The summed E-state index contributed by atoms with van der Waals surface area (Å²) in [5.74, 6) is -0.308. The Morgan fingerprint density at radius 3 is 1.48 bits per heavy atom. The van der Waals surface area contributed by atoms with Crippen LogP contribution in [-0.2, 0) is 10.2 Å². The van der Waals surface area contributed by atoms with E-state index in [1.165, 1.54) is 16.7 Å². The summed E-state index contributed by atoms with van der Waals surface area (Å²) < 4.78 is 0. The summed E-state index contributed by atoms with van der Waals surface area (Å²) in [5.41, 5.74) is 5.41. The van der Waals surface area contributed by atoms with Crippen LogP contribution in [0.4, 0.5) is 0 Å². The van der Waals surface area contributed by atoms with E-state index in [4.69, 9.17) is 5.21 Å². The second-order valence-corrected chi connectivity index (χ2v) is 7.45. The predicted octanol–water partition coefficient (Wildman–Crippen LogP) is 5.87. The van der Waals surface area contributed by atoms with Crippen LogP contribution in [0.1, 0.15) is 55.2 Å². The standard InChI is InChI=1S/C26H29NO2/c28-25(27-29)20-12-1-2-13-21-26(22-14-6-3-7-15-22,23-16-8-4-9-17-23)24-18-10-5-11-19-24/h3-11,14-19,29H,1-2,12-13,20-21H2,(H,27,28). The number of nitrogens with one attached hydrogen (secondary N) is 1. The van der Waals surface area contributed by atoms with Crippen LogP contribution in [0.25, 0.3) is 0 Å². The predicted molar refractivity (Wildman–Crippen MR) is 117 cm³/mol. The fourth-order valence-electron chi connectivity index (χ4n) is 4.19. The summed E-state index contributed by atoms with van der Waals surface area (Å²) in [5, 5.41) is 8.62. The van der Waals surface area contributed by atoms with Gasteiger partial charge in [-0.2, -0.15) is 0 Å². The van der Waals surface area contributed by atoms with Crippen molar-refractivity contribution >= 4 is 5.91 Å². The van der Waals surface area contributed by atoms with Crippen molar-refractivity contribution in [2.45, 2.75) is 43.9 Å². The fourth-order valence-corrected chi connectivity index (χ4v) is 4.19. The Balaban J connectivity index is 1.88. The summed E-state index contributed by atoms with van der Waals surface area (Å²) in [6, 6.07) is 32.3. The van der Waals surface area contributed by atoms with Crippen molar-refractivity contribution in [1.82, 2.24) is 5.48 Å². The number of hydroxylamine groups is 1. The molecule has 29 heavy (non-hydrogen) atoms. The van der Waals surface area contributed by atoms with Gasteiger partial charge in [0.25, 0.3) is 0 Å². The molecular formula is C26H29NO2. The molecule has 1 amide bonds. The molecule has 3 aromatic rings. The molecule has 0 saturated carbocycles. The molecule has 0 aromatic heterocycles. The first kappa shape index (κ1) is 20.8. The van der Waals surface area contributed by atoms with Crippen molar-refractivity contribution < 1.29 is 10.0 Å². The third-order valence-corrected chi connectivity index (χ3v) is 5.63. The lowest BCUT2D eigenvalue weighted by Gasteiger charge is -2.36. The van der Waals surface area contributed by atoms with Gasteiger partial charge in [0, 0.05) is 11.8 Å². The van der Waals surface area contributed by atoms with E-state index in [1.54, 1.807) is 5.48 Å². The van der Waals surface area contributed by atoms with Crippen molar-refractivity contribution in [2.75, 3.05) is 0 Å². The quantitative estimate of drug-likeness (QED) is 0.198. The molecule has 0 spiro atoms. The van der Waals surface area contributed by atoms with Gasteiger partial charge < -0.3 is 0 Å². The number of benzene rings is 3. The Bertz CT molecular complexity index is 766. The molecule has 0 aliphatic heterocycles. The van der Waals surface area contributed by atoms with Crippen molar-refractivity contribution in [1.29, 1.82) is 0 Å². The van der Waals surface area contributed by atoms with E-state index in [1.807, 2.05) is 0 Å². The van der Waals surface area contributed by atoms with Crippen LogP contribution in [0.15, 0.2) is 91.0 Å². The van der Waals surface area contributed by atoms with Gasteiger partial charge in [-0.15, -0.1) is 0 Å². The summed E-state index contributed by atoms with van der Waals surface area (Å²) in [6.07, 6.45) is 5.24. The number of unbranched alkanes of at least 4 members (excludes halogenated alkanes) is 3. The number of hydrogen-bond donors (Lipinski definition) is 2. The molecule has 0 unspecified atom stereocenters. The highest BCUT2D eigenvalue weighted by molar-refractivity contribution is 5.74. The van der Waals surface area contributed by atoms with E-state index in [0.717, 1.165) is 32.1 Å². The van der Waals surface area contributed by atoms with E-state index in [-0.39, 0.29) is 11.3 Å². The number of rotatable bonds is 10. The summed E-state index contributed by atoms with van der Waals surface area (Å²) in [4.78, 5) is 11.2. The Morgan fingerprint density at radius 2 is 1.07 bits per heavy atom. The molecule has 0 aliphatic rings. The normalized spacial score (nSPS) is 11.2. The average Bonchev–Trinajstić information content (AvgIpc) is 2.80. The third-order valence-electron chi connectivity index (χ3n) is 5.63. The van der Waals surface area contributed by atoms with Crippen molar-refractivity contribution in [3.63, 3.8) is 0 Å². The number of carbonyl (C=O) groups excluding carboxylic acids is 1.